The van der Waals surface area contributed by atoms with E-state index in [9.17, 15) is 4.79 Å². The van der Waals surface area contributed by atoms with Gasteiger partial charge in [0, 0.05) is 10.4 Å². The van der Waals surface area contributed by atoms with Crippen molar-refractivity contribution in [1.82, 2.24) is 0 Å². The molecule has 0 fully saturated rings. The third kappa shape index (κ3) is 3.05. The Morgan fingerprint density at radius 1 is 1.29 bits per heavy atom. The summed E-state index contributed by atoms with van der Waals surface area (Å²) < 4.78 is 0. The van der Waals surface area contributed by atoms with E-state index in [0.717, 1.165) is 16.0 Å². The number of carbonyl (C=O) groups is 1. The summed E-state index contributed by atoms with van der Waals surface area (Å²) in [5.41, 5.74) is 8.65. The summed E-state index contributed by atoms with van der Waals surface area (Å²) in [6.45, 7) is 5.78. The standard InChI is InChI=1S/C15H17N3O2S/c1-8-5-4-6-11(13(8)14(16)18-20)17-15(19)12-7-9(2)10(3)21-12/h4-7,20H,1-3H3,(H2,16,18)(H,17,19). The van der Waals surface area contributed by atoms with Gasteiger partial charge in [-0.15, -0.1) is 11.3 Å². The van der Waals surface area contributed by atoms with E-state index >= 15 is 0 Å². The van der Waals surface area contributed by atoms with Crippen LogP contribution in [0.4, 0.5) is 5.69 Å². The molecule has 0 unspecified atom stereocenters. The maximum atomic E-state index is 12.3. The smallest absolute Gasteiger partial charge is 0.265 e. The second-order valence-electron chi connectivity index (χ2n) is 4.79. The summed E-state index contributed by atoms with van der Waals surface area (Å²) in [5.74, 6) is -0.226. The normalized spacial score (nSPS) is 11.5. The van der Waals surface area contributed by atoms with Gasteiger partial charge >= 0.3 is 0 Å². The van der Waals surface area contributed by atoms with E-state index in [0.29, 0.717) is 16.1 Å². The number of nitrogens with one attached hydrogen (secondary N) is 1. The molecule has 1 heterocycles. The largest absolute Gasteiger partial charge is 0.409 e. The van der Waals surface area contributed by atoms with E-state index in [4.69, 9.17) is 10.9 Å². The quantitative estimate of drug-likeness (QED) is 0.352. The molecular weight excluding hydrogens is 286 g/mol. The number of hydrogen-bond acceptors (Lipinski definition) is 4. The van der Waals surface area contributed by atoms with Crippen LogP contribution in [0.1, 0.15) is 31.2 Å². The number of amidine groups is 1. The zero-order chi connectivity index (χ0) is 15.6. The highest BCUT2D eigenvalue weighted by atomic mass is 32.1. The highest BCUT2D eigenvalue weighted by Gasteiger charge is 2.15. The van der Waals surface area contributed by atoms with Gasteiger partial charge in [0.25, 0.3) is 5.91 Å². The van der Waals surface area contributed by atoms with Crippen LogP contribution >= 0.6 is 11.3 Å². The van der Waals surface area contributed by atoms with Crippen molar-refractivity contribution in [3.05, 3.63) is 50.7 Å². The van der Waals surface area contributed by atoms with Crippen molar-refractivity contribution in [2.75, 3.05) is 5.32 Å². The fourth-order valence-electron chi connectivity index (χ4n) is 2.03. The maximum absolute atomic E-state index is 12.3. The minimum Gasteiger partial charge on any atom is -0.409 e. The van der Waals surface area contributed by atoms with Gasteiger partial charge in [0.05, 0.1) is 10.6 Å². The lowest BCUT2D eigenvalue weighted by molar-refractivity contribution is 0.103. The summed E-state index contributed by atoms with van der Waals surface area (Å²) >= 11 is 1.44. The van der Waals surface area contributed by atoms with Gasteiger partial charge in [-0.25, -0.2) is 0 Å². The Balaban J connectivity index is 2.36. The van der Waals surface area contributed by atoms with E-state index in [1.54, 1.807) is 6.07 Å². The highest BCUT2D eigenvalue weighted by Crippen LogP contribution is 2.24. The number of anilines is 1. The lowest BCUT2D eigenvalue weighted by atomic mass is 10.1. The van der Waals surface area contributed by atoms with Crippen LogP contribution < -0.4 is 11.1 Å². The molecule has 5 nitrogen and oxygen atoms in total. The summed E-state index contributed by atoms with van der Waals surface area (Å²) in [4.78, 5) is 14.1. The number of oxime groups is 1. The molecule has 2 aromatic rings. The van der Waals surface area contributed by atoms with Crippen molar-refractivity contribution >= 4 is 28.8 Å². The van der Waals surface area contributed by atoms with Gasteiger partial charge in [-0.3, -0.25) is 4.79 Å². The molecule has 2 rings (SSSR count). The number of benzene rings is 1. The van der Waals surface area contributed by atoms with Crippen LogP contribution in [0.15, 0.2) is 29.4 Å². The second kappa shape index (κ2) is 5.97. The number of hydrogen-bond donors (Lipinski definition) is 3. The van der Waals surface area contributed by atoms with E-state index in [1.807, 2.05) is 39.0 Å². The third-order valence-electron chi connectivity index (χ3n) is 3.27. The summed E-state index contributed by atoms with van der Waals surface area (Å²) in [6, 6.07) is 7.23. The Morgan fingerprint density at radius 3 is 2.57 bits per heavy atom. The molecule has 0 radical (unpaired) electrons. The van der Waals surface area contributed by atoms with Crippen LogP contribution in [0.5, 0.6) is 0 Å². The predicted octanol–water partition coefficient (Wildman–Crippen LogP) is 3.02. The van der Waals surface area contributed by atoms with E-state index in [-0.39, 0.29) is 11.7 Å². The number of nitrogens with zero attached hydrogens (tertiary/aromatic N) is 1. The fraction of sp³-hybridized carbons (Fsp3) is 0.200. The molecule has 0 saturated carbocycles. The van der Waals surface area contributed by atoms with Crippen molar-refractivity contribution < 1.29 is 10.0 Å². The number of nitrogens with two attached hydrogens (primary N) is 1. The van der Waals surface area contributed by atoms with Gasteiger partial charge in [-0.2, -0.15) is 0 Å². The lowest BCUT2D eigenvalue weighted by Gasteiger charge is -2.12. The maximum Gasteiger partial charge on any atom is 0.265 e. The average molecular weight is 303 g/mol. The summed E-state index contributed by atoms with van der Waals surface area (Å²) in [5, 5.41) is 14.7. The van der Waals surface area contributed by atoms with Crippen LogP contribution in [0.3, 0.4) is 0 Å². The van der Waals surface area contributed by atoms with Crippen molar-refractivity contribution in [2.24, 2.45) is 10.9 Å². The summed E-state index contributed by atoms with van der Waals surface area (Å²) in [6.07, 6.45) is 0. The molecule has 0 aliphatic rings. The third-order valence-corrected chi connectivity index (χ3v) is 4.43. The first-order valence-corrected chi connectivity index (χ1v) is 7.21. The number of aryl methyl sites for hydroxylation is 3. The van der Waals surface area contributed by atoms with Crippen molar-refractivity contribution in [2.45, 2.75) is 20.8 Å². The number of thiophene rings is 1. The molecule has 0 atom stereocenters. The molecule has 0 aliphatic carbocycles. The monoisotopic (exact) mass is 303 g/mol. The minimum absolute atomic E-state index is 0.0260. The number of rotatable bonds is 3. The van der Waals surface area contributed by atoms with Gasteiger partial charge in [0.1, 0.15) is 0 Å². The fourth-order valence-corrected chi connectivity index (χ4v) is 2.96. The van der Waals surface area contributed by atoms with Crippen LogP contribution in [-0.4, -0.2) is 17.0 Å². The van der Waals surface area contributed by atoms with Crippen LogP contribution in [0, 0.1) is 20.8 Å². The Kier molecular flexibility index (Phi) is 4.28. The molecule has 1 aromatic carbocycles. The van der Waals surface area contributed by atoms with Gasteiger partial charge in [0.2, 0.25) is 0 Å². The van der Waals surface area contributed by atoms with Gasteiger partial charge < -0.3 is 16.3 Å². The van der Waals surface area contributed by atoms with E-state index in [2.05, 4.69) is 10.5 Å². The molecule has 21 heavy (non-hydrogen) atoms. The lowest BCUT2D eigenvalue weighted by Crippen LogP contribution is -2.20. The first-order valence-electron chi connectivity index (χ1n) is 6.40. The molecule has 110 valence electrons. The Labute approximate surface area is 127 Å². The van der Waals surface area contributed by atoms with Gasteiger partial charge in [-0.1, -0.05) is 17.3 Å². The molecule has 0 bridgehead atoms. The molecule has 0 spiro atoms. The van der Waals surface area contributed by atoms with Crippen molar-refractivity contribution in [3.8, 4) is 0 Å². The van der Waals surface area contributed by atoms with Crippen LogP contribution in [0.2, 0.25) is 0 Å². The van der Waals surface area contributed by atoms with Crippen LogP contribution in [0.25, 0.3) is 0 Å². The topological polar surface area (TPSA) is 87.7 Å². The molecule has 1 aromatic heterocycles. The first-order chi connectivity index (χ1) is 9.93. The Morgan fingerprint density at radius 2 is 2.00 bits per heavy atom. The minimum atomic E-state index is -0.200. The average Bonchev–Trinajstić information content (AvgIpc) is 2.78. The summed E-state index contributed by atoms with van der Waals surface area (Å²) in [7, 11) is 0. The number of amides is 1. The van der Waals surface area contributed by atoms with E-state index < -0.39 is 0 Å². The molecule has 1 amide bonds. The molecule has 4 N–H and O–H groups in total. The molecule has 0 aliphatic heterocycles. The van der Waals surface area contributed by atoms with Gasteiger partial charge in [0.15, 0.2) is 5.84 Å². The van der Waals surface area contributed by atoms with Crippen molar-refractivity contribution in [3.63, 3.8) is 0 Å². The van der Waals surface area contributed by atoms with Gasteiger partial charge in [-0.05, 0) is 44.0 Å². The van der Waals surface area contributed by atoms with E-state index in [1.165, 1.54) is 11.3 Å². The number of carbonyl (C=O) groups excluding carboxylic acids is 1. The molecule has 6 heteroatoms. The Bertz CT molecular complexity index is 700. The molecule has 0 saturated heterocycles. The zero-order valence-electron chi connectivity index (χ0n) is 12.1. The second-order valence-corrected chi connectivity index (χ2v) is 6.04. The van der Waals surface area contributed by atoms with Crippen LogP contribution in [-0.2, 0) is 0 Å². The zero-order valence-corrected chi connectivity index (χ0v) is 12.9. The highest BCUT2D eigenvalue weighted by molar-refractivity contribution is 7.14. The molecular formula is C15H17N3O2S. The predicted molar refractivity (Wildman–Crippen MR) is 85.4 cm³/mol. The van der Waals surface area contributed by atoms with Crippen molar-refractivity contribution in [1.29, 1.82) is 0 Å². The Hall–Kier alpha value is -2.34. The first kappa shape index (κ1) is 15.1. The SMILES string of the molecule is Cc1cc(C(=O)Nc2cccc(C)c2/C(N)=N/O)sc1C.